The Morgan fingerprint density at radius 3 is 2.84 bits per heavy atom. The van der Waals surface area contributed by atoms with Crippen molar-refractivity contribution >= 4 is 11.6 Å². The quantitative estimate of drug-likeness (QED) is 0.699. The van der Waals surface area contributed by atoms with Crippen molar-refractivity contribution in [1.29, 1.82) is 0 Å². The van der Waals surface area contributed by atoms with Gasteiger partial charge in [-0.1, -0.05) is 10.9 Å². The van der Waals surface area contributed by atoms with Crippen LogP contribution in [-0.4, -0.2) is 47.2 Å². The van der Waals surface area contributed by atoms with Crippen LogP contribution >= 0.6 is 0 Å². The fourth-order valence-corrected chi connectivity index (χ4v) is 2.39. The number of pyridine rings is 1. The number of aryl methyl sites for hydroxylation is 1. The molecule has 1 atom stereocenters. The second-order valence-corrected chi connectivity index (χ2v) is 5.63. The minimum absolute atomic E-state index is 0.106. The Balaban J connectivity index is 1.94. The summed E-state index contributed by atoms with van der Waals surface area (Å²) in [4.78, 5) is 17.1. The molecule has 3 aromatic heterocycles. The minimum atomic E-state index is -2.97. The predicted octanol–water partition coefficient (Wildman–Crippen LogP) is 0.662. The Morgan fingerprint density at radius 2 is 2.20 bits per heavy atom. The van der Waals surface area contributed by atoms with Gasteiger partial charge in [0.15, 0.2) is 0 Å². The fourth-order valence-electron chi connectivity index (χ4n) is 2.39. The van der Waals surface area contributed by atoms with E-state index in [2.05, 4.69) is 25.7 Å². The molecule has 0 saturated heterocycles. The average molecular weight is 351 g/mol. The maximum atomic E-state index is 12.7. The lowest BCUT2D eigenvalue weighted by atomic mass is 10.0. The lowest BCUT2D eigenvalue weighted by Crippen LogP contribution is -2.47. The number of amides is 1. The van der Waals surface area contributed by atoms with Crippen molar-refractivity contribution < 1.29 is 18.7 Å². The number of hydrogen-bond donors (Lipinski definition) is 2. The first-order valence-corrected chi connectivity index (χ1v) is 7.31. The van der Waals surface area contributed by atoms with Gasteiger partial charge in [-0.25, -0.2) is 4.98 Å². The molecule has 0 unspecified atom stereocenters. The molecular formula is C14H15F2N7O2. The molecular weight excluding hydrogens is 336 g/mol. The van der Waals surface area contributed by atoms with Gasteiger partial charge >= 0.3 is 6.55 Å². The van der Waals surface area contributed by atoms with E-state index in [1.54, 1.807) is 35.7 Å². The van der Waals surface area contributed by atoms with Gasteiger partial charge in [-0.15, -0.1) is 10.2 Å². The number of halogens is 2. The van der Waals surface area contributed by atoms with Crippen molar-refractivity contribution in [3.63, 3.8) is 0 Å². The summed E-state index contributed by atoms with van der Waals surface area (Å²) in [7, 11) is 0. The van der Waals surface area contributed by atoms with E-state index in [0.29, 0.717) is 11.3 Å². The van der Waals surface area contributed by atoms with Gasteiger partial charge in [0.1, 0.15) is 16.9 Å². The van der Waals surface area contributed by atoms with Crippen molar-refractivity contribution in [3.8, 4) is 0 Å². The summed E-state index contributed by atoms with van der Waals surface area (Å²) in [5.41, 5.74) is -0.169. The number of hydrogen-bond acceptors (Lipinski definition) is 6. The van der Waals surface area contributed by atoms with E-state index in [0.717, 1.165) is 0 Å². The van der Waals surface area contributed by atoms with Gasteiger partial charge in [0.05, 0.1) is 12.3 Å². The monoisotopic (exact) mass is 351 g/mol. The lowest BCUT2D eigenvalue weighted by Gasteiger charge is -2.25. The highest BCUT2D eigenvalue weighted by Crippen LogP contribution is 2.19. The third kappa shape index (κ3) is 2.93. The molecule has 3 aromatic rings. The Bertz CT molecular complexity index is 923. The second-order valence-electron chi connectivity index (χ2n) is 5.63. The predicted molar refractivity (Wildman–Crippen MR) is 80.9 cm³/mol. The molecule has 9 nitrogen and oxygen atoms in total. The molecule has 0 fully saturated rings. The van der Waals surface area contributed by atoms with Gasteiger partial charge in [-0.05, 0) is 31.2 Å². The van der Waals surface area contributed by atoms with E-state index in [9.17, 15) is 18.7 Å². The molecule has 2 N–H and O–H groups in total. The molecule has 11 heteroatoms. The molecule has 25 heavy (non-hydrogen) atoms. The number of nitrogens with zero attached hydrogens (tertiary/aromatic N) is 6. The first-order chi connectivity index (χ1) is 11.9. The van der Waals surface area contributed by atoms with Crippen LogP contribution in [0.1, 0.15) is 35.5 Å². The summed E-state index contributed by atoms with van der Waals surface area (Å²) in [5.74, 6) is -0.781. The summed E-state index contributed by atoms with van der Waals surface area (Å²) in [6.07, 6.45) is 1.67. The number of tetrazole rings is 1. The molecule has 1 amide bonds. The molecule has 0 aromatic carbocycles. The van der Waals surface area contributed by atoms with Crippen LogP contribution in [0.15, 0.2) is 24.4 Å². The fraction of sp³-hybridized carbons (Fsp3) is 0.357. The Hall–Kier alpha value is -2.95. The average Bonchev–Trinajstić information content (AvgIpc) is 3.18. The minimum Gasteiger partial charge on any atom is -0.393 e. The molecule has 3 rings (SSSR count). The van der Waals surface area contributed by atoms with E-state index in [4.69, 9.17) is 0 Å². The van der Waals surface area contributed by atoms with E-state index in [1.807, 2.05) is 0 Å². The molecule has 0 saturated carbocycles. The SMILES string of the molecule is Cc1nc2ccccn2c1C(=O)N[C@@](C)(CO)c1nnn(C(F)F)n1. The first kappa shape index (κ1) is 16.9. The smallest absolute Gasteiger partial charge is 0.350 e. The number of fused-ring (bicyclic) bond motifs is 1. The summed E-state index contributed by atoms with van der Waals surface area (Å²) in [6.45, 7) is -0.496. The van der Waals surface area contributed by atoms with Gasteiger partial charge in [0.25, 0.3) is 5.91 Å². The number of rotatable bonds is 5. The van der Waals surface area contributed by atoms with Crippen LogP contribution in [0.5, 0.6) is 0 Å². The third-order valence-electron chi connectivity index (χ3n) is 3.72. The van der Waals surface area contributed by atoms with Crippen LogP contribution < -0.4 is 5.32 Å². The van der Waals surface area contributed by atoms with Crippen LogP contribution in [0.2, 0.25) is 0 Å². The summed E-state index contributed by atoms with van der Waals surface area (Å²) in [6, 6.07) is 5.27. The number of nitrogens with one attached hydrogen (secondary N) is 1. The Labute approximate surface area is 140 Å². The van der Waals surface area contributed by atoms with Gasteiger partial charge in [-0.2, -0.15) is 8.78 Å². The topological polar surface area (TPSA) is 110 Å². The van der Waals surface area contributed by atoms with Gasteiger partial charge in [-0.3, -0.25) is 9.20 Å². The number of alkyl halides is 2. The highest BCUT2D eigenvalue weighted by atomic mass is 19.3. The molecule has 0 aliphatic heterocycles. The maximum Gasteiger partial charge on any atom is 0.350 e. The van der Waals surface area contributed by atoms with Crippen LogP contribution in [-0.2, 0) is 5.54 Å². The zero-order valence-corrected chi connectivity index (χ0v) is 13.4. The van der Waals surface area contributed by atoms with Crippen molar-refractivity contribution in [1.82, 2.24) is 34.9 Å². The van der Waals surface area contributed by atoms with Crippen LogP contribution in [0.3, 0.4) is 0 Å². The molecule has 0 aliphatic rings. The highest BCUT2D eigenvalue weighted by Gasteiger charge is 2.35. The molecule has 132 valence electrons. The molecule has 0 aliphatic carbocycles. The second kappa shape index (κ2) is 6.16. The van der Waals surface area contributed by atoms with E-state index >= 15 is 0 Å². The Morgan fingerprint density at radius 1 is 1.44 bits per heavy atom. The van der Waals surface area contributed by atoms with Gasteiger partial charge in [0, 0.05) is 6.20 Å². The third-order valence-corrected chi connectivity index (χ3v) is 3.72. The van der Waals surface area contributed by atoms with Crippen molar-refractivity contribution in [2.45, 2.75) is 25.9 Å². The number of aliphatic hydroxyl groups is 1. The zero-order valence-electron chi connectivity index (χ0n) is 13.4. The molecule has 3 heterocycles. The Kier molecular flexibility index (Phi) is 4.17. The van der Waals surface area contributed by atoms with Crippen molar-refractivity contribution in [3.05, 3.63) is 41.6 Å². The van der Waals surface area contributed by atoms with Gasteiger partial charge in [0.2, 0.25) is 5.82 Å². The van der Waals surface area contributed by atoms with Crippen molar-refractivity contribution in [2.24, 2.45) is 0 Å². The largest absolute Gasteiger partial charge is 0.393 e. The first-order valence-electron chi connectivity index (χ1n) is 7.31. The van der Waals surface area contributed by atoms with Crippen LogP contribution in [0.25, 0.3) is 5.65 Å². The lowest BCUT2D eigenvalue weighted by molar-refractivity contribution is 0.0386. The zero-order chi connectivity index (χ0) is 18.2. The van der Waals surface area contributed by atoms with Crippen molar-refractivity contribution in [2.75, 3.05) is 6.61 Å². The molecule has 0 spiro atoms. The maximum absolute atomic E-state index is 12.7. The summed E-state index contributed by atoms with van der Waals surface area (Å²) < 4.78 is 26.8. The van der Waals surface area contributed by atoms with Crippen LogP contribution in [0.4, 0.5) is 8.78 Å². The van der Waals surface area contributed by atoms with Crippen LogP contribution in [0, 0.1) is 6.92 Å². The van der Waals surface area contributed by atoms with E-state index < -0.39 is 24.6 Å². The van der Waals surface area contributed by atoms with E-state index in [-0.39, 0.29) is 16.3 Å². The number of carbonyl (C=O) groups is 1. The molecule has 0 radical (unpaired) electrons. The molecule has 0 bridgehead atoms. The summed E-state index contributed by atoms with van der Waals surface area (Å²) >= 11 is 0. The highest BCUT2D eigenvalue weighted by molar-refractivity contribution is 5.95. The number of aliphatic hydroxyl groups excluding tert-OH is 1. The number of imidazole rings is 1. The summed E-state index contributed by atoms with van der Waals surface area (Å²) in [5, 5.41) is 22.5. The standard InChI is InChI=1S/C14H15F2N7O2/c1-8-10(22-6-4-3-5-9(22)17-8)11(25)18-14(2,7-24)12-19-21-23(20-12)13(15)16/h3-6,13,24H,7H2,1-2H3,(H,18,25)/t14-/m0/s1. The number of aromatic nitrogens is 6. The normalized spacial score (nSPS) is 14.0. The van der Waals surface area contributed by atoms with E-state index in [1.165, 1.54) is 6.92 Å². The van der Waals surface area contributed by atoms with Gasteiger partial charge < -0.3 is 10.4 Å². The number of carbonyl (C=O) groups excluding carboxylic acids is 1.